The third kappa shape index (κ3) is 4.38. The number of carbonyl (C=O) groups is 2. The van der Waals surface area contributed by atoms with Crippen molar-refractivity contribution in [3.8, 4) is 0 Å². The number of carboxylic acids is 2. The Kier molecular flexibility index (Phi) is 4.99. The summed E-state index contributed by atoms with van der Waals surface area (Å²) >= 11 is 0. The van der Waals surface area contributed by atoms with Gasteiger partial charge in [-0.1, -0.05) is 12.1 Å². The molecule has 1 aromatic rings. The maximum absolute atomic E-state index is 11.1. The average Bonchev–Trinajstić information content (AvgIpc) is 2.34. The topological polar surface area (TPSA) is 118 Å². The van der Waals surface area contributed by atoms with Crippen molar-refractivity contribution in [2.45, 2.75) is 25.2 Å². The molecule has 0 radical (unpaired) electrons. The van der Waals surface area contributed by atoms with Crippen molar-refractivity contribution in [1.29, 1.82) is 0 Å². The van der Waals surface area contributed by atoms with E-state index in [1.165, 1.54) is 24.3 Å². The molecule has 0 fully saturated rings. The van der Waals surface area contributed by atoms with Crippen LogP contribution >= 0.6 is 0 Å². The molecule has 1 rings (SSSR count). The number of hydrogen-bond acceptors (Lipinski definition) is 4. The van der Waals surface area contributed by atoms with Gasteiger partial charge in [0.25, 0.3) is 5.69 Å². The van der Waals surface area contributed by atoms with Crippen molar-refractivity contribution in [3.05, 3.63) is 39.9 Å². The molecule has 0 amide bonds. The highest BCUT2D eigenvalue weighted by Gasteiger charge is 2.20. The maximum Gasteiger partial charge on any atom is 0.310 e. The molecular formula is C12H13NO6. The number of rotatable bonds is 7. The summed E-state index contributed by atoms with van der Waals surface area (Å²) in [6, 6.07) is 5.25. The molecule has 1 atom stereocenters. The second-order valence-corrected chi connectivity index (χ2v) is 4.03. The molecule has 102 valence electrons. The van der Waals surface area contributed by atoms with E-state index in [1.807, 2.05) is 0 Å². The summed E-state index contributed by atoms with van der Waals surface area (Å²) < 4.78 is 0. The van der Waals surface area contributed by atoms with Gasteiger partial charge in [-0.2, -0.15) is 0 Å². The van der Waals surface area contributed by atoms with Crippen LogP contribution in [0.5, 0.6) is 0 Å². The van der Waals surface area contributed by atoms with Gasteiger partial charge in [0.2, 0.25) is 0 Å². The van der Waals surface area contributed by atoms with Gasteiger partial charge in [-0.05, 0) is 18.4 Å². The van der Waals surface area contributed by atoms with Gasteiger partial charge in [-0.3, -0.25) is 19.7 Å². The number of nitrogens with zero attached hydrogens (tertiary/aromatic N) is 1. The summed E-state index contributed by atoms with van der Waals surface area (Å²) in [5.41, 5.74) is 0.321. The lowest BCUT2D eigenvalue weighted by molar-refractivity contribution is -0.384. The third-order valence-corrected chi connectivity index (χ3v) is 2.69. The lowest BCUT2D eigenvalue weighted by Gasteiger charge is -2.11. The van der Waals surface area contributed by atoms with E-state index >= 15 is 0 Å². The molecule has 0 aliphatic carbocycles. The van der Waals surface area contributed by atoms with E-state index in [1.54, 1.807) is 0 Å². The second-order valence-electron chi connectivity index (χ2n) is 4.03. The summed E-state index contributed by atoms with van der Waals surface area (Å²) in [4.78, 5) is 31.4. The van der Waals surface area contributed by atoms with Gasteiger partial charge < -0.3 is 10.2 Å². The SMILES string of the molecule is O=C(O)CCCC(C(=O)O)c1ccc([N+](=O)[O-])cc1. The van der Waals surface area contributed by atoms with Gasteiger partial charge in [0.1, 0.15) is 0 Å². The Morgan fingerprint density at radius 3 is 2.21 bits per heavy atom. The van der Waals surface area contributed by atoms with Crippen LogP contribution in [0.25, 0.3) is 0 Å². The van der Waals surface area contributed by atoms with E-state index in [9.17, 15) is 19.7 Å². The molecule has 0 saturated heterocycles. The Balaban J connectivity index is 2.78. The highest BCUT2D eigenvalue weighted by molar-refractivity contribution is 5.76. The lowest BCUT2D eigenvalue weighted by Crippen LogP contribution is -2.12. The molecule has 0 aromatic heterocycles. The molecule has 0 aliphatic rings. The van der Waals surface area contributed by atoms with Gasteiger partial charge in [-0.15, -0.1) is 0 Å². The molecule has 0 aliphatic heterocycles. The van der Waals surface area contributed by atoms with Gasteiger partial charge in [-0.25, -0.2) is 0 Å². The maximum atomic E-state index is 11.1. The van der Waals surface area contributed by atoms with Crippen molar-refractivity contribution in [1.82, 2.24) is 0 Å². The highest BCUT2D eigenvalue weighted by Crippen LogP contribution is 2.24. The first-order valence-electron chi connectivity index (χ1n) is 5.60. The van der Waals surface area contributed by atoms with E-state index in [0.717, 1.165) is 0 Å². The van der Waals surface area contributed by atoms with Crippen molar-refractivity contribution < 1.29 is 24.7 Å². The minimum atomic E-state index is -1.07. The summed E-state index contributed by atoms with van der Waals surface area (Å²) in [6.45, 7) is 0. The first-order chi connectivity index (χ1) is 8.91. The number of nitro groups is 1. The van der Waals surface area contributed by atoms with E-state index in [2.05, 4.69) is 0 Å². The zero-order valence-corrected chi connectivity index (χ0v) is 9.98. The van der Waals surface area contributed by atoms with E-state index in [4.69, 9.17) is 10.2 Å². The van der Waals surface area contributed by atoms with Crippen LogP contribution in [0.1, 0.15) is 30.7 Å². The van der Waals surface area contributed by atoms with Gasteiger partial charge >= 0.3 is 11.9 Å². The fraction of sp³-hybridized carbons (Fsp3) is 0.333. The van der Waals surface area contributed by atoms with Crippen molar-refractivity contribution in [2.75, 3.05) is 0 Å². The van der Waals surface area contributed by atoms with Crippen LogP contribution in [0.4, 0.5) is 5.69 Å². The normalized spacial score (nSPS) is 11.8. The van der Waals surface area contributed by atoms with Crippen LogP contribution in [0.15, 0.2) is 24.3 Å². The Morgan fingerprint density at radius 1 is 1.21 bits per heavy atom. The smallest absolute Gasteiger partial charge is 0.310 e. The third-order valence-electron chi connectivity index (χ3n) is 2.69. The molecule has 1 unspecified atom stereocenters. The fourth-order valence-electron chi connectivity index (χ4n) is 1.72. The number of aliphatic carboxylic acids is 2. The van der Waals surface area contributed by atoms with Crippen molar-refractivity contribution >= 4 is 17.6 Å². The predicted molar refractivity (Wildman–Crippen MR) is 65.0 cm³/mol. The Morgan fingerprint density at radius 2 is 1.79 bits per heavy atom. The zero-order chi connectivity index (χ0) is 14.4. The molecular weight excluding hydrogens is 254 g/mol. The molecule has 0 saturated carbocycles. The Bertz CT molecular complexity index is 481. The molecule has 7 nitrogen and oxygen atoms in total. The second kappa shape index (κ2) is 6.48. The molecule has 2 N–H and O–H groups in total. The number of hydrogen-bond donors (Lipinski definition) is 2. The number of nitro benzene ring substituents is 1. The molecule has 0 heterocycles. The van der Waals surface area contributed by atoms with Crippen LogP contribution in [0.3, 0.4) is 0 Å². The summed E-state index contributed by atoms with van der Waals surface area (Å²) in [6.07, 6.45) is 0.319. The first-order valence-corrected chi connectivity index (χ1v) is 5.60. The Labute approximate surface area is 108 Å². The quantitative estimate of drug-likeness (QED) is 0.576. The predicted octanol–water partition coefficient (Wildman–Crippen LogP) is 2.02. The minimum absolute atomic E-state index is 0.100. The molecule has 1 aromatic carbocycles. The molecule has 0 bridgehead atoms. The standard InChI is InChI=1S/C12H13NO6/c14-11(15)3-1-2-10(12(16)17)8-4-6-9(7-5-8)13(18)19/h4-7,10H,1-3H2,(H,14,15)(H,16,17). The van der Waals surface area contributed by atoms with Crippen LogP contribution in [-0.4, -0.2) is 27.1 Å². The zero-order valence-electron chi connectivity index (χ0n) is 9.98. The number of carboxylic acid groups (broad SMARTS) is 2. The van der Waals surface area contributed by atoms with Crippen LogP contribution in [-0.2, 0) is 9.59 Å². The van der Waals surface area contributed by atoms with Crippen molar-refractivity contribution in [3.63, 3.8) is 0 Å². The summed E-state index contributed by atoms with van der Waals surface area (Å²) in [5, 5.41) is 28.1. The average molecular weight is 267 g/mol. The van der Waals surface area contributed by atoms with E-state index in [-0.39, 0.29) is 24.9 Å². The largest absolute Gasteiger partial charge is 0.481 e. The number of benzene rings is 1. The fourth-order valence-corrected chi connectivity index (χ4v) is 1.72. The minimum Gasteiger partial charge on any atom is -0.481 e. The molecule has 7 heteroatoms. The van der Waals surface area contributed by atoms with Crippen LogP contribution < -0.4 is 0 Å². The van der Waals surface area contributed by atoms with Gasteiger partial charge in [0.15, 0.2) is 0 Å². The van der Waals surface area contributed by atoms with Crippen LogP contribution in [0.2, 0.25) is 0 Å². The number of non-ortho nitro benzene ring substituents is 1. The first kappa shape index (κ1) is 14.6. The van der Waals surface area contributed by atoms with Crippen molar-refractivity contribution in [2.24, 2.45) is 0 Å². The van der Waals surface area contributed by atoms with Crippen LogP contribution in [0, 0.1) is 10.1 Å². The summed E-state index contributed by atoms with van der Waals surface area (Å²) in [7, 11) is 0. The highest BCUT2D eigenvalue weighted by atomic mass is 16.6. The monoisotopic (exact) mass is 267 g/mol. The Hall–Kier alpha value is -2.44. The van der Waals surface area contributed by atoms with Gasteiger partial charge in [0, 0.05) is 18.6 Å². The van der Waals surface area contributed by atoms with E-state index in [0.29, 0.717) is 5.56 Å². The molecule has 19 heavy (non-hydrogen) atoms. The molecule has 0 spiro atoms. The lowest BCUT2D eigenvalue weighted by atomic mass is 9.93. The van der Waals surface area contributed by atoms with E-state index < -0.39 is 22.8 Å². The summed E-state index contributed by atoms with van der Waals surface area (Å²) in [5.74, 6) is -2.90. The van der Waals surface area contributed by atoms with Gasteiger partial charge in [0.05, 0.1) is 10.8 Å².